The zero-order chi connectivity index (χ0) is 50.0. The molecule has 0 aromatic heterocycles. The van der Waals surface area contributed by atoms with E-state index in [9.17, 15) is 33.4 Å². The van der Waals surface area contributed by atoms with E-state index in [1.807, 2.05) is 0 Å². The first-order chi connectivity index (χ1) is 33.0. The first kappa shape index (κ1) is 65.4. The second-order valence-corrected chi connectivity index (χ2v) is 19.5. The Kier molecular flexibility index (Phi) is 47.5. The van der Waals surface area contributed by atoms with Gasteiger partial charge in [-0.15, -0.1) is 0 Å². The van der Waals surface area contributed by atoms with E-state index in [-0.39, 0.29) is 84.3 Å². The lowest BCUT2D eigenvalue weighted by Gasteiger charge is -2.20. The van der Waals surface area contributed by atoms with Gasteiger partial charge < -0.3 is 39.6 Å². The summed E-state index contributed by atoms with van der Waals surface area (Å²) in [6, 6.07) is 0. The zero-order valence-corrected chi connectivity index (χ0v) is 43.6. The smallest absolute Gasteiger partial charge is 0.472 e. The molecule has 4 N–H and O–H groups in total. The zero-order valence-electron chi connectivity index (χ0n) is 42.7. The third-order valence-electron chi connectivity index (χ3n) is 11.5. The Morgan fingerprint density at radius 3 is 1.34 bits per heavy atom. The molecule has 17 heteroatoms. The summed E-state index contributed by atoms with van der Waals surface area (Å²) in [5.41, 5.74) is 0. The van der Waals surface area contributed by atoms with Gasteiger partial charge in [0.25, 0.3) is 0 Å². The van der Waals surface area contributed by atoms with Crippen molar-refractivity contribution in [2.75, 3.05) is 59.3 Å². The lowest BCUT2D eigenvalue weighted by Crippen LogP contribution is -2.31. The molecule has 0 aliphatic heterocycles. The molecule has 16 nitrogen and oxygen atoms in total. The highest BCUT2D eigenvalue weighted by molar-refractivity contribution is 7.47. The molecular weight excluding hydrogens is 896 g/mol. The van der Waals surface area contributed by atoms with Crippen LogP contribution in [0.5, 0.6) is 0 Å². The quantitative estimate of drug-likeness (QED) is 0.0253. The van der Waals surface area contributed by atoms with Gasteiger partial charge in [-0.25, -0.2) is 4.57 Å². The van der Waals surface area contributed by atoms with Crippen molar-refractivity contribution in [3.8, 4) is 0 Å². The maximum absolute atomic E-state index is 12.8. The van der Waals surface area contributed by atoms with Gasteiger partial charge in [-0.1, -0.05) is 194 Å². The van der Waals surface area contributed by atoms with E-state index < -0.39 is 44.3 Å². The summed E-state index contributed by atoms with van der Waals surface area (Å²) >= 11 is 0. The number of nitrogens with one attached hydrogen (secondary N) is 2. The lowest BCUT2D eigenvalue weighted by atomic mass is 10.0. The van der Waals surface area contributed by atoms with Crippen LogP contribution in [0.3, 0.4) is 0 Å². The average molecular weight is 993 g/mol. The number of ether oxygens (including phenoxy) is 4. The Morgan fingerprint density at radius 1 is 0.456 bits per heavy atom. The molecule has 0 aliphatic carbocycles. The van der Waals surface area contributed by atoms with Gasteiger partial charge in [0.2, 0.25) is 11.8 Å². The summed E-state index contributed by atoms with van der Waals surface area (Å²) in [6.45, 7) is 3.48. The number of carbonyl (C=O) groups excluding carboxylic acids is 4. The molecule has 0 spiro atoms. The second kappa shape index (κ2) is 49.4. The predicted octanol–water partition coefficient (Wildman–Crippen LogP) is 11.2. The molecule has 2 atom stereocenters. The summed E-state index contributed by atoms with van der Waals surface area (Å²) < 4.78 is 44.3. The van der Waals surface area contributed by atoms with Gasteiger partial charge in [0, 0.05) is 32.4 Å². The third kappa shape index (κ3) is 49.8. The third-order valence-corrected chi connectivity index (χ3v) is 12.5. The molecule has 0 fully saturated rings. The summed E-state index contributed by atoms with van der Waals surface area (Å²) in [6.07, 6.45) is 35.3. The van der Waals surface area contributed by atoms with Crippen LogP contribution in [-0.4, -0.2) is 105 Å². The number of hydrogen-bond acceptors (Lipinski definition) is 12. The molecule has 0 radical (unpaired) electrons. The maximum Gasteiger partial charge on any atom is 0.472 e. The fourth-order valence-electron chi connectivity index (χ4n) is 7.47. The van der Waals surface area contributed by atoms with Crippen LogP contribution in [0.1, 0.15) is 232 Å². The molecule has 0 rings (SSSR count). The van der Waals surface area contributed by atoms with Crippen LogP contribution in [0.4, 0.5) is 0 Å². The van der Waals surface area contributed by atoms with Gasteiger partial charge in [-0.05, 0) is 12.8 Å². The van der Waals surface area contributed by atoms with Crippen molar-refractivity contribution in [1.29, 1.82) is 0 Å². The van der Waals surface area contributed by atoms with E-state index in [4.69, 9.17) is 33.1 Å². The number of unbranched alkanes of at least 4 members (excludes halogenated alkanes) is 28. The Hall–Kier alpha value is -2.62. The molecule has 0 aromatic rings. The molecule has 0 aliphatic rings. The number of esters is 2. The normalized spacial score (nSPS) is 12.6. The largest absolute Gasteiger partial charge is 0.481 e. The van der Waals surface area contributed by atoms with Crippen molar-refractivity contribution in [2.24, 2.45) is 0 Å². The number of carboxylic acids is 1. The number of phosphoric ester groups is 1. The monoisotopic (exact) mass is 993 g/mol. The molecule has 0 heterocycles. The minimum atomic E-state index is -4.63. The van der Waals surface area contributed by atoms with Crippen LogP contribution in [0.2, 0.25) is 0 Å². The average Bonchev–Trinajstić information content (AvgIpc) is 3.31. The Morgan fingerprint density at radius 2 is 0.868 bits per heavy atom. The SMILES string of the molecule is CCCCCCCCCCCCCCCCCC(=O)OC[C@H](COP(=O)(O)OCCNC(=O)COCCOCCNC(=O)CCC(=O)O)OC(=O)CCCCCCCCCCCCCCCCC. The molecular formula is C51H97N2O14P. The highest BCUT2D eigenvalue weighted by atomic mass is 31.2. The van der Waals surface area contributed by atoms with Crippen LogP contribution >= 0.6 is 7.82 Å². The summed E-state index contributed by atoms with van der Waals surface area (Å²) in [5, 5.41) is 13.6. The number of rotatable bonds is 53. The highest BCUT2D eigenvalue weighted by Crippen LogP contribution is 2.43. The summed E-state index contributed by atoms with van der Waals surface area (Å²) in [5.74, 6) is -2.88. The standard InChI is InChI=1S/C51H97N2O14P/c1-3-5-7-9-11-13-15-17-19-21-23-25-27-29-31-33-50(58)64-43-46(67-51(59)34-32-30-28-26-24-22-20-18-16-14-12-10-8-6-4-2)44-66-68(60,61)65-40-38-53-48(55)45-63-42-41-62-39-37-52-47(54)35-36-49(56)57/h46H,3-45H2,1-2H3,(H,52,54)(H,53,55)(H,56,57)(H,60,61)/t46-/m1/s1. The predicted molar refractivity (Wildman–Crippen MR) is 266 cm³/mol. The van der Waals surface area contributed by atoms with Crippen LogP contribution in [-0.2, 0) is 56.5 Å². The number of aliphatic carboxylic acids is 1. The summed E-state index contributed by atoms with van der Waals surface area (Å²) in [7, 11) is -4.63. The van der Waals surface area contributed by atoms with Gasteiger partial charge in [-0.2, -0.15) is 0 Å². The van der Waals surface area contributed by atoms with Gasteiger partial charge in [0.1, 0.15) is 13.2 Å². The fraction of sp³-hybridized carbons (Fsp3) is 0.902. The Balaban J connectivity index is 4.51. The molecule has 0 bridgehead atoms. The van der Waals surface area contributed by atoms with Gasteiger partial charge in [0.05, 0.1) is 39.5 Å². The first-order valence-electron chi connectivity index (χ1n) is 26.9. The molecule has 0 saturated carbocycles. The number of carboxylic acid groups (broad SMARTS) is 1. The van der Waals surface area contributed by atoms with E-state index in [0.717, 1.165) is 38.5 Å². The number of phosphoric acid groups is 1. The van der Waals surface area contributed by atoms with Crippen molar-refractivity contribution in [3.05, 3.63) is 0 Å². The van der Waals surface area contributed by atoms with E-state index >= 15 is 0 Å². The van der Waals surface area contributed by atoms with Crippen LogP contribution in [0, 0.1) is 0 Å². The van der Waals surface area contributed by atoms with E-state index in [1.54, 1.807) is 0 Å². The van der Waals surface area contributed by atoms with Crippen molar-refractivity contribution >= 4 is 37.5 Å². The molecule has 0 saturated heterocycles. The van der Waals surface area contributed by atoms with E-state index in [1.165, 1.54) is 141 Å². The van der Waals surface area contributed by atoms with Gasteiger partial charge >= 0.3 is 25.7 Å². The maximum atomic E-state index is 12.8. The number of carbonyl (C=O) groups is 5. The Labute approximate surface area is 411 Å². The molecule has 2 amide bonds. The van der Waals surface area contributed by atoms with Crippen molar-refractivity contribution in [2.45, 2.75) is 238 Å². The highest BCUT2D eigenvalue weighted by Gasteiger charge is 2.26. The Bertz CT molecular complexity index is 1280. The van der Waals surface area contributed by atoms with Gasteiger partial charge in [0.15, 0.2) is 6.10 Å². The molecule has 68 heavy (non-hydrogen) atoms. The van der Waals surface area contributed by atoms with Crippen molar-refractivity contribution < 1.29 is 66.5 Å². The van der Waals surface area contributed by atoms with Crippen molar-refractivity contribution in [3.63, 3.8) is 0 Å². The second-order valence-electron chi connectivity index (χ2n) is 18.1. The minimum Gasteiger partial charge on any atom is -0.481 e. The number of amides is 2. The van der Waals surface area contributed by atoms with Gasteiger partial charge in [-0.3, -0.25) is 33.0 Å². The topological polar surface area (TPSA) is 222 Å². The first-order valence-corrected chi connectivity index (χ1v) is 28.4. The molecule has 1 unspecified atom stereocenters. The fourth-order valence-corrected chi connectivity index (χ4v) is 8.22. The van der Waals surface area contributed by atoms with Crippen LogP contribution < -0.4 is 10.6 Å². The lowest BCUT2D eigenvalue weighted by molar-refractivity contribution is -0.161. The minimum absolute atomic E-state index is 0.0938. The van der Waals surface area contributed by atoms with Crippen LogP contribution in [0.15, 0.2) is 0 Å². The van der Waals surface area contributed by atoms with Crippen molar-refractivity contribution in [1.82, 2.24) is 10.6 Å². The molecule has 0 aromatic carbocycles. The summed E-state index contributed by atoms with van der Waals surface area (Å²) in [4.78, 5) is 69.8. The van der Waals surface area contributed by atoms with E-state index in [0.29, 0.717) is 12.8 Å². The number of hydrogen-bond donors (Lipinski definition) is 4. The molecule has 400 valence electrons. The van der Waals surface area contributed by atoms with Crippen LogP contribution in [0.25, 0.3) is 0 Å². The van der Waals surface area contributed by atoms with E-state index in [2.05, 4.69) is 24.5 Å².